The van der Waals surface area contributed by atoms with Crippen LogP contribution in [0.1, 0.15) is 0 Å². The molecule has 1 unspecified atom stereocenters. The van der Waals surface area contributed by atoms with Crippen molar-refractivity contribution in [2.45, 2.75) is 6.10 Å². The van der Waals surface area contributed by atoms with Gasteiger partial charge in [-0.15, -0.1) is 0 Å². The van der Waals surface area contributed by atoms with E-state index in [-0.39, 0.29) is 24.6 Å². The Hall–Kier alpha value is -1.14. The Morgan fingerprint density at radius 1 is 1.50 bits per heavy atom. The summed E-state index contributed by atoms with van der Waals surface area (Å²) >= 11 is 0. The summed E-state index contributed by atoms with van der Waals surface area (Å²) in [7, 11) is 3.10. The van der Waals surface area contributed by atoms with Gasteiger partial charge in [0, 0.05) is 14.2 Å². The fourth-order valence-electron chi connectivity index (χ4n) is 1.26. The van der Waals surface area contributed by atoms with Crippen molar-refractivity contribution >= 4 is 11.9 Å². The van der Waals surface area contributed by atoms with Crippen LogP contribution in [0, 0.1) is 0 Å². The number of hydrogen-bond donors (Lipinski definition) is 1. The molecule has 0 aromatic carbocycles. The van der Waals surface area contributed by atoms with Crippen molar-refractivity contribution in [3.63, 3.8) is 0 Å². The van der Waals surface area contributed by atoms with Crippen molar-refractivity contribution in [3.8, 4) is 0 Å². The summed E-state index contributed by atoms with van der Waals surface area (Å²) in [5.41, 5.74) is 0. The van der Waals surface area contributed by atoms with Crippen LogP contribution in [0.5, 0.6) is 0 Å². The zero-order valence-corrected chi connectivity index (χ0v) is 8.28. The van der Waals surface area contributed by atoms with Crippen molar-refractivity contribution in [1.82, 2.24) is 10.2 Å². The third-order valence-electron chi connectivity index (χ3n) is 1.98. The Morgan fingerprint density at radius 2 is 2.21 bits per heavy atom. The predicted octanol–water partition coefficient (Wildman–Crippen LogP) is -0.800. The molecular formula is C8H14N2O4. The number of nitrogens with one attached hydrogen (secondary N) is 1. The first-order valence-electron chi connectivity index (χ1n) is 4.28. The lowest BCUT2D eigenvalue weighted by Crippen LogP contribution is -2.37. The monoisotopic (exact) mass is 202 g/mol. The van der Waals surface area contributed by atoms with Gasteiger partial charge in [0.2, 0.25) is 5.91 Å². The smallest absolute Gasteiger partial charge is 0.324 e. The van der Waals surface area contributed by atoms with Crippen LogP contribution in [-0.2, 0) is 14.3 Å². The largest absolute Gasteiger partial charge is 0.382 e. The average molecular weight is 202 g/mol. The van der Waals surface area contributed by atoms with Gasteiger partial charge in [-0.3, -0.25) is 10.1 Å². The van der Waals surface area contributed by atoms with E-state index in [2.05, 4.69) is 5.32 Å². The summed E-state index contributed by atoms with van der Waals surface area (Å²) in [6, 6.07) is -0.367. The highest BCUT2D eigenvalue weighted by Gasteiger charge is 2.28. The van der Waals surface area contributed by atoms with Crippen molar-refractivity contribution < 1.29 is 19.1 Å². The van der Waals surface area contributed by atoms with Crippen LogP contribution in [0.2, 0.25) is 0 Å². The Kier molecular flexibility index (Phi) is 3.84. The second kappa shape index (κ2) is 4.92. The summed E-state index contributed by atoms with van der Waals surface area (Å²) in [4.78, 5) is 23.4. The molecule has 0 saturated carbocycles. The van der Waals surface area contributed by atoms with Crippen molar-refractivity contribution in [2.75, 3.05) is 33.9 Å². The summed E-state index contributed by atoms with van der Waals surface area (Å²) in [6.45, 7) is 0.860. The van der Waals surface area contributed by atoms with Crippen LogP contribution in [0.3, 0.4) is 0 Å². The van der Waals surface area contributed by atoms with Crippen LogP contribution in [0.15, 0.2) is 0 Å². The van der Waals surface area contributed by atoms with Gasteiger partial charge in [-0.25, -0.2) is 4.79 Å². The molecule has 0 radical (unpaired) electrons. The number of amides is 3. The zero-order valence-electron chi connectivity index (χ0n) is 8.28. The predicted molar refractivity (Wildman–Crippen MR) is 47.8 cm³/mol. The molecular weight excluding hydrogens is 188 g/mol. The third kappa shape index (κ3) is 2.68. The number of carbonyl (C=O) groups excluding carboxylic acids is 2. The molecule has 1 heterocycles. The van der Waals surface area contributed by atoms with Crippen molar-refractivity contribution in [2.24, 2.45) is 0 Å². The van der Waals surface area contributed by atoms with Crippen LogP contribution in [0.25, 0.3) is 0 Å². The molecule has 0 bridgehead atoms. The molecule has 0 aromatic rings. The van der Waals surface area contributed by atoms with Gasteiger partial charge in [0.25, 0.3) is 0 Å². The molecule has 0 aliphatic carbocycles. The lowest BCUT2D eigenvalue weighted by Gasteiger charge is -2.20. The molecule has 0 spiro atoms. The topological polar surface area (TPSA) is 67.9 Å². The quantitative estimate of drug-likeness (QED) is 0.593. The Bertz CT molecular complexity index is 231. The van der Waals surface area contributed by atoms with Crippen LogP contribution in [0.4, 0.5) is 4.79 Å². The SMILES string of the molecule is COCC(CN1CC(=O)NC1=O)OC. The highest BCUT2D eigenvalue weighted by atomic mass is 16.5. The lowest BCUT2D eigenvalue weighted by molar-refractivity contribution is -0.118. The molecule has 14 heavy (non-hydrogen) atoms. The van der Waals surface area contributed by atoms with Gasteiger partial charge in [-0.1, -0.05) is 0 Å². The second-order valence-electron chi connectivity index (χ2n) is 3.05. The number of imide groups is 1. The van der Waals surface area contributed by atoms with E-state index in [9.17, 15) is 9.59 Å². The van der Waals surface area contributed by atoms with Crippen LogP contribution >= 0.6 is 0 Å². The maximum absolute atomic E-state index is 11.1. The fraction of sp³-hybridized carbons (Fsp3) is 0.750. The maximum atomic E-state index is 11.1. The standard InChI is InChI=1S/C8H14N2O4/c1-13-5-6(14-2)3-10-4-7(11)9-8(10)12/h6H,3-5H2,1-2H3,(H,9,11,12). The number of nitrogens with zero attached hydrogens (tertiary/aromatic N) is 1. The zero-order chi connectivity index (χ0) is 10.6. The Balaban J connectivity index is 2.42. The van der Waals surface area contributed by atoms with Gasteiger partial charge < -0.3 is 14.4 Å². The minimum absolute atomic E-state index is 0.0996. The van der Waals surface area contributed by atoms with E-state index in [1.165, 1.54) is 4.90 Å². The fourth-order valence-corrected chi connectivity index (χ4v) is 1.26. The minimum Gasteiger partial charge on any atom is -0.382 e. The molecule has 1 rings (SSSR count). The molecule has 1 fully saturated rings. The number of methoxy groups -OCH3 is 2. The first-order valence-corrected chi connectivity index (χ1v) is 4.28. The third-order valence-corrected chi connectivity index (χ3v) is 1.98. The van der Waals surface area contributed by atoms with Crippen LogP contribution < -0.4 is 5.32 Å². The van der Waals surface area contributed by atoms with Gasteiger partial charge in [-0.2, -0.15) is 0 Å². The molecule has 80 valence electrons. The number of ether oxygens (including phenoxy) is 2. The Morgan fingerprint density at radius 3 is 2.64 bits per heavy atom. The number of hydrogen-bond acceptors (Lipinski definition) is 4. The van der Waals surface area contributed by atoms with E-state index in [0.29, 0.717) is 13.2 Å². The van der Waals surface area contributed by atoms with E-state index < -0.39 is 0 Å². The van der Waals surface area contributed by atoms with Gasteiger partial charge >= 0.3 is 6.03 Å². The van der Waals surface area contributed by atoms with E-state index in [1.54, 1.807) is 14.2 Å². The van der Waals surface area contributed by atoms with Crippen molar-refractivity contribution in [3.05, 3.63) is 0 Å². The molecule has 0 aromatic heterocycles. The van der Waals surface area contributed by atoms with E-state index in [0.717, 1.165) is 0 Å². The van der Waals surface area contributed by atoms with E-state index in [4.69, 9.17) is 9.47 Å². The normalized spacial score (nSPS) is 18.6. The van der Waals surface area contributed by atoms with Crippen LogP contribution in [-0.4, -0.2) is 56.9 Å². The van der Waals surface area contributed by atoms with Crippen molar-refractivity contribution in [1.29, 1.82) is 0 Å². The summed E-state index contributed by atoms with van der Waals surface area (Å²) in [5, 5.41) is 2.19. The second-order valence-corrected chi connectivity index (χ2v) is 3.05. The first-order chi connectivity index (χ1) is 6.67. The number of urea groups is 1. The average Bonchev–Trinajstić information content (AvgIpc) is 2.44. The lowest BCUT2D eigenvalue weighted by atomic mass is 10.3. The summed E-state index contributed by atoms with van der Waals surface area (Å²) in [6.07, 6.45) is -0.198. The molecule has 1 atom stereocenters. The van der Waals surface area contributed by atoms with E-state index >= 15 is 0 Å². The molecule has 1 N–H and O–H groups in total. The van der Waals surface area contributed by atoms with Gasteiger partial charge in [0.15, 0.2) is 0 Å². The summed E-state index contributed by atoms with van der Waals surface area (Å²) in [5.74, 6) is -0.276. The highest BCUT2D eigenvalue weighted by molar-refractivity contribution is 6.01. The molecule has 6 nitrogen and oxygen atoms in total. The minimum atomic E-state index is -0.367. The van der Waals surface area contributed by atoms with E-state index in [1.807, 2.05) is 0 Å². The first kappa shape index (κ1) is 10.9. The Labute approximate surface area is 82.1 Å². The summed E-state index contributed by atoms with van der Waals surface area (Å²) < 4.78 is 9.98. The molecule has 1 saturated heterocycles. The molecule has 6 heteroatoms. The van der Waals surface area contributed by atoms with Gasteiger partial charge in [0.05, 0.1) is 19.3 Å². The molecule has 1 aliphatic heterocycles. The number of rotatable bonds is 5. The van der Waals surface area contributed by atoms with Gasteiger partial charge in [-0.05, 0) is 0 Å². The maximum Gasteiger partial charge on any atom is 0.324 e. The van der Waals surface area contributed by atoms with Gasteiger partial charge in [0.1, 0.15) is 6.54 Å². The molecule has 1 aliphatic rings. The number of carbonyl (C=O) groups is 2. The highest BCUT2D eigenvalue weighted by Crippen LogP contribution is 2.02. The molecule has 3 amide bonds.